The van der Waals surface area contributed by atoms with Crippen LogP contribution in [0, 0.1) is 37.9 Å². The molecule has 0 aliphatic heterocycles. The van der Waals surface area contributed by atoms with Crippen LogP contribution in [0.1, 0.15) is 42.8 Å². The van der Waals surface area contributed by atoms with Gasteiger partial charge in [0.1, 0.15) is 17.5 Å². The van der Waals surface area contributed by atoms with Crippen molar-refractivity contribution in [2.75, 3.05) is 5.32 Å². The Morgan fingerprint density at radius 2 is 2.00 bits per heavy atom. The second kappa shape index (κ2) is 9.88. The largest absolute Gasteiger partial charge is 0.448 e. The average molecular weight is 411 g/mol. The Labute approximate surface area is 176 Å². The summed E-state index contributed by atoms with van der Waals surface area (Å²) in [5, 5.41) is 11.9. The van der Waals surface area contributed by atoms with Crippen LogP contribution >= 0.6 is 0 Å². The number of ether oxygens (including phenoxy) is 1. The molecule has 158 valence electrons. The molecule has 1 N–H and O–H groups in total. The highest BCUT2D eigenvalue weighted by molar-refractivity contribution is 6.01. The number of esters is 1. The van der Waals surface area contributed by atoms with E-state index in [-0.39, 0.29) is 11.3 Å². The van der Waals surface area contributed by atoms with Crippen LogP contribution in [0.5, 0.6) is 0 Å². The number of hydrogen-bond acceptors (Lipinski definition) is 4. The molecule has 1 atom stereocenters. The van der Waals surface area contributed by atoms with Gasteiger partial charge in [-0.1, -0.05) is 13.0 Å². The molecule has 0 aliphatic rings. The monoisotopic (exact) mass is 411 g/mol. The zero-order chi connectivity index (χ0) is 22.4. The number of aryl methyl sites for hydroxylation is 2. The van der Waals surface area contributed by atoms with Gasteiger partial charge in [-0.05, 0) is 69.5 Å². The van der Waals surface area contributed by atoms with E-state index >= 15 is 0 Å². The normalized spacial score (nSPS) is 12.2. The van der Waals surface area contributed by atoms with Crippen molar-refractivity contribution in [3.8, 4) is 6.07 Å². The fourth-order valence-corrected chi connectivity index (χ4v) is 3.03. The average Bonchev–Trinajstić information content (AvgIpc) is 2.96. The molecule has 1 aromatic carbocycles. The van der Waals surface area contributed by atoms with Crippen LogP contribution in [0.2, 0.25) is 0 Å². The van der Waals surface area contributed by atoms with E-state index in [4.69, 9.17) is 4.74 Å². The molecular formula is C23H26FN3O3. The molecule has 0 saturated carbocycles. The van der Waals surface area contributed by atoms with Crippen LogP contribution in [0.15, 0.2) is 29.8 Å². The Balaban J connectivity index is 2.11. The number of carbonyl (C=O) groups excluding carboxylic acids is 2. The first-order valence-electron chi connectivity index (χ1n) is 9.74. The van der Waals surface area contributed by atoms with Gasteiger partial charge in [0.05, 0.1) is 0 Å². The Hall–Kier alpha value is -3.40. The fourth-order valence-electron chi connectivity index (χ4n) is 3.03. The lowest BCUT2D eigenvalue weighted by molar-refractivity contribution is -0.148. The highest BCUT2D eigenvalue weighted by Crippen LogP contribution is 2.20. The topological polar surface area (TPSA) is 84.1 Å². The quantitative estimate of drug-likeness (QED) is 0.415. The van der Waals surface area contributed by atoms with E-state index in [9.17, 15) is 19.2 Å². The third-order valence-corrected chi connectivity index (χ3v) is 4.79. The SMILES string of the molecule is CCCn1c(C)cc(/C=C(\C#N)C(=O)O[C@@H](C)C(=O)Nc2ccc(C)c(F)c2)c1C. The van der Waals surface area contributed by atoms with Crippen molar-refractivity contribution in [3.05, 3.63) is 58.2 Å². The maximum atomic E-state index is 13.6. The number of aromatic nitrogens is 1. The number of amides is 1. The zero-order valence-electron chi connectivity index (χ0n) is 17.9. The molecule has 0 fully saturated rings. The molecule has 2 aromatic rings. The van der Waals surface area contributed by atoms with Crippen molar-refractivity contribution in [2.45, 2.75) is 53.7 Å². The van der Waals surface area contributed by atoms with Crippen LogP contribution in [0.3, 0.4) is 0 Å². The van der Waals surface area contributed by atoms with Gasteiger partial charge in [-0.3, -0.25) is 4.79 Å². The summed E-state index contributed by atoms with van der Waals surface area (Å²) in [6, 6.07) is 8.02. The van der Waals surface area contributed by atoms with E-state index < -0.39 is 23.8 Å². The summed E-state index contributed by atoms with van der Waals surface area (Å²) >= 11 is 0. The molecule has 0 aliphatic carbocycles. The lowest BCUT2D eigenvalue weighted by Crippen LogP contribution is -2.30. The number of anilines is 1. The zero-order valence-corrected chi connectivity index (χ0v) is 17.9. The maximum absolute atomic E-state index is 13.6. The molecule has 0 radical (unpaired) electrons. The minimum absolute atomic E-state index is 0.201. The van der Waals surface area contributed by atoms with Crippen LogP contribution in [0.25, 0.3) is 6.08 Å². The summed E-state index contributed by atoms with van der Waals surface area (Å²) in [5.74, 6) is -1.96. The van der Waals surface area contributed by atoms with Gasteiger partial charge in [-0.25, -0.2) is 9.18 Å². The molecule has 2 rings (SSSR count). The van der Waals surface area contributed by atoms with Crippen molar-refractivity contribution in [2.24, 2.45) is 0 Å². The highest BCUT2D eigenvalue weighted by atomic mass is 19.1. The van der Waals surface area contributed by atoms with E-state index in [1.165, 1.54) is 25.1 Å². The molecule has 0 spiro atoms. The number of nitrogens with zero attached hydrogens (tertiary/aromatic N) is 2. The van der Waals surface area contributed by atoms with Crippen molar-refractivity contribution < 1.29 is 18.7 Å². The molecule has 1 aromatic heterocycles. The molecule has 0 saturated heterocycles. The van der Waals surface area contributed by atoms with Crippen molar-refractivity contribution in [1.29, 1.82) is 5.26 Å². The molecule has 7 heteroatoms. The lowest BCUT2D eigenvalue weighted by Gasteiger charge is -2.13. The van der Waals surface area contributed by atoms with E-state index in [1.807, 2.05) is 26.0 Å². The summed E-state index contributed by atoms with van der Waals surface area (Å²) in [7, 11) is 0. The van der Waals surface area contributed by atoms with Crippen molar-refractivity contribution >= 4 is 23.6 Å². The minimum atomic E-state index is -1.16. The Bertz CT molecular complexity index is 1030. The van der Waals surface area contributed by atoms with Crippen LogP contribution < -0.4 is 5.32 Å². The van der Waals surface area contributed by atoms with E-state index in [2.05, 4.69) is 16.8 Å². The summed E-state index contributed by atoms with van der Waals surface area (Å²) in [5.41, 5.74) is 3.24. The molecule has 6 nitrogen and oxygen atoms in total. The summed E-state index contributed by atoms with van der Waals surface area (Å²) in [6.07, 6.45) is 1.27. The summed E-state index contributed by atoms with van der Waals surface area (Å²) in [4.78, 5) is 24.7. The van der Waals surface area contributed by atoms with E-state index in [0.29, 0.717) is 5.56 Å². The third-order valence-electron chi connectivity index (χ3n) is 4.79. The Morgan fingerprint density at radius 3 is 2.60 bits per heavy atom. The molecule has 1 amide bonds. The predicted molar refractivity (Wildman–Crippen MR) is 113 cm³/mol. The first-order valence-corrected chi connectivity index (χ1v) is 9.74. The van der Waals surface area contributed by atoms with Gasteiger partial charge < -0.3 is 14.6 Å². The van der Waals surface area contributed by atoms with Crippen LogP contribution in [-0.2, 0) is 20.9 Å². The summed E-state index contributed by atoms with van der Waals surface area (Å²) < 4.78 is 20.9. The van der Waals surface area contributed by atoms with Gasteiger partial charge in [-0.2, -0.15) is 5.26 Å². The van der Waals surface area contributed by atoms with Gasteiger partial charge in [-0.15, -0.1) is 0 Å². The Kier molecular flexibility index (Phi) is 7.54. The standard InChI is InChI=1S/C23H26FN3O3/c1-6-9-27-15(3)10-18(16(27)4)11-19(13-25)23(29)30-17(5)22(28)26-20-8-7-14(2)21(24)12-20/h7-8,10-12,17H,6,9H2,1-5H3,(H,26,28)/b19-11+/t17-/m0/s1. The van der Waals surface area contributed by atoms with Crippen LogP contribution in [-0.4, -0.2) is 22.5 Å². The van der Waals surface area contributed by atoms with E-state index in [1.54, 1.807) is 13.0 Å². The fraction of sp³-hybridized carbons (Fsp3) is 0.348. The van der Waals surface area contributed by atoms with Crippen LogP contribution in [0.4, 0.5) is 10.1 Å². The third kappa shape index (κ3) is 5.35. The molecular weight excluding hydrogens is 385 g/mol. The lowest BCUT2D eigenvalue weighted by atomic mass is 10.1. The number of benzene rings is 1. The van der Waals surface area contributed by atoms with E-state index in [0.717, 1.165) is 29.9 Å². The number of rotatable bonds is 7. The highest BCUT2D eigenvalue weighted by Gasteiger charge is 2.21. The molecule has 1 heterocycles. The van der Waals surface area contributed by atoms with Gasteiger partial charge in [0.15, 0.2) is 6.10 Å². The molecule has 0 bridgehead atoms. The first-order chi connectivity index (χ1) is 14.2. The molecule has 30 heavy (non-hydrogen) atoms. The smallest absolute Gasteiger partial charge is 0.349 e. The number of carbonyl (C=O) groups is 2. The second-order valence-corrected chi connectivity index (χ2v) is 7.15. The number of nitriles is 1. The van der Waals surface area contributed by atoms with Gasteiger partial charge in [0.2, 0.25) is 0 Å². The van der Waals surface area contributed by atoms with Gasteiger partial charge in [0.25, 0.3) is 5.91 Å². The molecule has 0 unspecified atom stereocenters. The number of nitrogens with one attached hydrogen (secondary N) is 1. The first kappa shape index (κ1) is 22.9. The summed E-state index contributed by atoms with van der Waals surface area (Å²) in [6.45, 7) is 9.80. The Morgan fingerprint density at radius 1 is 1.30 bits per heavy atom. The predicted octanol–water partition coefficient (Wildman–Crippen LogP) is 4.44. The number of hydrogen-bond donors (Lipinski definition) is 1. The van der Waals surface area contributed by atoms with Crippen molar-refractivity contribution in [3.63, 3.8) is 0 Å². The van der Waals surface area contributed by atoms with Gasteiger partial charge >= 0.3 is 5.97 Å². The van der Waals surface area contributed by atoms with Crippen molar-refractivity contribution in [1.82, 2.24) is 4.57 Å². The number of halogens is 1. The minimum Gasteiger partial charge on any atom is -0.448 e. The second-order valence-electron chi connectivity index (χ2n) is 7.15. The maximum Gasteiger partial charge on any atom is 0.349 e. The van der Waals surface area contributed by atoms with Gasteiger partial charge in [0, 0.05) is 23.6 Å².